The summed E-state index contributed by atoms with van der Waals surface area (Å²) in [7, 11) is 1.60. The Morgan fingerprint density at radius 2 is 2.08 bits per heavy atom. The van der Waals surface area contributed by atoms with Crippen LogP contribution in [-0.2, 0) is 9.53 Å². The fraction of sp³-hybridized carbons (Fsp3) is 0.316. The first-order valence-electron chi connectivity index (χ1n) is 7.96. The van der Waals surface area contributed by atoms with Crippen molar-refractivity contribution in [2.75, 3.05) is 19.0 Å². The van der Waals surface area contributed by atoms with E-state index in [2.05, 4.69) is 17.2 Å². The van der Waals surface area contributed by atoms with Crippen molar-refractivity contribution in [1.82, 2.24) is 5.32 Å². The number of ether oxygens (including phenoxy) is 1. The third kappa shape index (κ3) is 7.24. The van der Waals surface area contributed by atoms with Crippen molar-refractivity contribution in [2.45, 2.75) is 26.3 Å². The Kier molecular flexibility index (Phi) is 9.17. The van der Waals surface area contributed by atoms with Gasteiger partial charge in [0.15, 0.2) is 0 Å². The lowest BCUT2D eigenvalue weighted by Gasteiger charge is -2.19. The molecule has 0 bridgehead atoms. The summed E-state index contributed by atoms with van der Waals surface area (Å²) in [6, 6.07) is 4.71. The highest BCUT2D eigenvalue weighted by atomic mass is 35.5. The first kappa shape index (κ1) is 21.1. The topological polar surface area (TPSA) is 50.4 Å². The smallest absolute Gasteiger partial charge is 0.242 e. The highest BCUT2D eigenvalue weighted by Crippen LogP contribution is 2.26. The number of hydrogen-bond acceptors (Lipinski definition) is 3. The largest absolute Gasteiger partial charge is 0.497 e. The second-order valence-electron chi connectivity index (χ2n) is 5.33. The number of benzene rings is 1. The van der Waals surface area contributed by atoms with Gasteiger partial charge < -0.3 is 15.4 Å². The third-order valence-electron chi connectivity index (χ3n) is 3.48. The zero-order chi connectivity index (χ0) is 18.8. The summed E-state index contributed by atoms with van der Waals surface area (Å²) in [4.78, 5) is 12.4. The number of carbonyl (C=O) groups excluding carboxylic acids is 1. The van der Waals surface area contributed by atoms with Gasteiger partial charge in [-0.1, -0.05) is 42.8 Å². The predicted octanol–water partition coefficient (Wildman–Crippen LogP) is 4.96. The number of halogens is 2. The van der Waals surface area contributed by atoms with E-state index in [9.17, 15) is 4.79 Å². The van der Waals surface area contributed by atoms with Gasteiger partial charge >= 0.3 is 0 Å². The van der Waals surface area contributed by atoms with E-state index >= 15 is 0 Å². The van der Waals surface area contributed by atoms with Crippen molar-refractivity contribution in [1.29, 1.82) is 0 Å². The summed E-state index contributed by atoms with van der Waals surface area (Å²) in [5.41, 5.74) is 1.44. The summed E-state index contributed by atoms with van der Waals surface area (Å²) in [5.74, 6) is 0.610. The summed E-state index contributed by atoms with van der Waals surface area (Å²) < 4.78 is 5.13. The molecule has 2 N–H and O–H groups in total. The van der Waals surface area contributed by atoms with Gasteiger partial charge in [0, 0.05) is 11.6 Å². The molecule has 0 heterocycles. The van der Waals surface area contributed by atoms with Crippen LogP contribution in [0, 0.1) is 0 Å². The Hall–Kier alpha value is -1.91. The van der Waals surface area contributed by atoms with E-state index in [1.807, 2.05) is 26.0 Å². The molecule has 1 rings (SSSR count). The Bertz CT molecular complexity index is 669. The molecule has 0 spiro atoms. The number of rotatable bonds is 9. The third-order valence-corrected chi connectivity index (χ3v) is 4.03. The van der Waals surface area contributed by atoms with E-state index in [4.69, 9.17) is 27.9 Å². The zero-order valence-corrected chi connectivity index (χ0v) is 16.2. The van der Waals surface area contributed by atoms with E-state index in [-0.39, 0.29) is 5.91 Å². The first-order chi connectivity index (χ1) is 11.9. The van der Waals surface area contributed by atoms with Crippen molar-refractivity contribution in [3.05, 3.63) is 64.4 Å². The first-order valence-corrected chi connectivity index (χ1v) is 8.72. The van der Waals surface area contributed by atoms with Crippen molar-refractivity contribution in [2.24, 2.45) is 0 Å². The predicted molar refractivity (Wildman–Crippen MR) is 106 cm³/mol. The van der Waals surface area contributed by atoms with Crippen LogP contribution in [0.15, 0.2) is 54.3 Å². The van der Waals surface area contributed by atoms with Gasteiger partial charge in [0.25, 0.3) is 0 Å². The molecule has 6 heteroatoms. The normalized spacial score (nSPS) is 12.8. The maximum atomic E-state index is 12.4. The van der Waals surface area contributed by atoms with Crippen LogP contribution >= 0.6 is 23.2 Å². The molecule has 0 aromatic heterocycles. The van der Waals surface area contributed by atoms with E-state index in [0.717, 1.165) is 11.3 Å². The van der Waals surface area contributed by atoms with Gasteiger partial charge in [-0.3, -0.25) is 4.79 Å². The summed E-state index contributed by atoms with van der Waals surface area (Å²) in [6.07, 6.45) is 6.07. The van der Waals surface area contributed by atoms with E-state index in [1.165, 1.54) is 0 Å². The molecule has 0 saturated carbocycles. The second-order valence-corrected chi connectivity index (χ2v) is 6.18. The van der Waals surface area contributed by atoms with Gasteiger partial charge in [-0.2, -0.15) is 0 Å². The maximum Gasteiger partial charge on any atom is 0.242 e. The molecular weight excluding hydrogens is 359 g/mol. The number of allylic oxidation sites excluding steroid dienone is 2. The van der Waals surface area contributed by atoms with Crippen LogP contribution in [0.3, 0.4) is 0 Å². The van der Waals surface area contributed by atoms with E-state index < -0.39 is 6.04 Å². The van der Waals surface area contributed by atoms with Crippen LogP contribution in [0.25, 0.3) is 0 Å². The molecule has 0 aliphatic rings. The molecular formula is C19H24Cl2N2O2. The molecule has 0 fully saturated rings. The van der Waals surface area contributed by atoms with Crippen molar-refractivity contribution < 1.29 is 9.53 Å². The number of nitrogens with one attached hydrogen (secondary N) is 2. The fourth-order valence-electron chi connectivity index (χ4n) is 2.01. The summed E-state index contributed by atoms with van der Waals surface area (Å²) in [5, 5.41) is 7.02. The molecule has 0 radical (unpaired) electrons. The fourth-order valence-corrected chi connectivity index (χ4v) is 2.48. The molecule has 4 nitrogen and oxygen atoms in total. The van der Waals surface area contributed by atoms with Gasteiger partial charge in [0.05, 0.1) is 17.8 Å². The van der Waals surface area contributed by atoms with Crippen LogP contribution in [0.2, 0.25) is 10.0 Å². The van der Waals surface area contributed by atoms with Gasteiger partial charge in [0.2, 0.25) is 5.91 Å². The van der Waals surface area contributed by atoms with Gasteiger partial charge in [-0.05, 0) is 49.3 Å². The molecule has 1 aromatic carbocycles. The summed E-state index contributed by atoms with van der Waals surface area (Å²) >= 11 is 12.0. The molecule has 1 aromatic rings. The maximum absolute atomic E-state index is 12.4. The average molecular weight is 383 g/mol. The Labute approximate surface area is 159 Å². The van der Waals surface area contributed by atoms with Crippen molar-refractivity contribution >= 4 is 34.8 Å². The molecule has 25 heavy (non-hydrogen) atoms. The molecule has 1 atom stereocenters. The second kappa shape index (κ2) is 10.9. The molecule has 1 unspecified atom stereocenters. The van der Waals surface area contributed by atoms with Crippen LogP contribution in [-0.4, -0.2) is 25.6 Å². The van der Waals surface area contributed by atoms with Crippen LogP contribution in [0.1, 0.15) is 20.3 Å². The number of methoxy groups -OCH3 is 1. The number of amides is 1. The lowest BCUT2D eigenvalue weighted by molar-refractivity contribution is -0.121. The Morgan fingerprint density at radius 3 is 2.64 bits per heavy atom. The highest BCUT2D eigenvalue weighted by Gasteiger charge is 2.17. The lowest BCUT2D eigenvalue weighted by Crippen LogP contribution is -2.39. The zero-order valence-electron chi connectivity index (χ0n) is 14.7. The monoisotopic (exact) mass is 382 g/mol. The van der Waals surface area contributed by atoms with Crippen LogP contribution in [0.4, 0.5) is 5.69 Å². The molecule has 0 aliphatic carbocycles. The molecule has 136 valence electrons. The quantitative estimate of drug-likeness (QED) is 0.468. The van der Waals surface area contributed by atoms with Gasteiger partial charge in [-0.25, -0.2) is 0 Å². The highest BCUT2D eigenvalue weighted by molar-refractivity contribution is 6.36. The van der Waals surface area contributed by atoms with Gasteiger partial charge in [-0.15, -0.1) is 0 Å². The average Bonchev–Trinajstić information content (AvgIpc) is 2.60. The molecule has 0 saturated heterocycles. The van der Waals surface area contributed by atoms with E-state index in [1.54, 1.807) is 31.4 Å². The lowest BCUT2D eigenvalue weighted by atomic mass is 10.1. The minimum atomic E-state index is -0.402. The number of anilines is 1. The minimum absolute atomic E-state index is 0.124. The molecule has 0 aliphatic heterocycles. The Balaban J connectivity index is 2.60. The SMILES string of the molecule is C=C(C=CC(=CC)OC)CNC(=O)C(CC)Nc1ccc(Cl)cc1Cl. The van der Waals surface area contributed by atoms with Crippen LogP contribution < -0.4 is 10.6 Å². The van der Waals surface area contributed by atoms with Crippen molar-refractivity contribution in [3.63, 3.8) is 0 Å². The molecule has 1 amide bonds. The Morgan fingerprint density at radius 1 is 1.36 bits per heavy atom. The van der Waals surface area contributed by atoms with E-state index in [0.29, 0.717) is 28.7 Å². The number of hydrogen-bond donors (Lipinski definition) is 2. The van der Waals surface area contributed by atoms with Gasteiger partial charge in [0.1, 0.15) is 11.8 Å². The standard InChI is InChI=1S/C19H24Cl2N2O2/c1-5-15(25-4)9-7-13(3)12-22-19(24)17(6-2)23-18-10-8-14(20)11-16(18)21/h5,7-11,17,23H,3,6,12H2,1-2,4H3,(H,22,24). The minimum Gasteiger partial charge on any atom is -0.497 e. The number of carbonyl (C=O) groups is 1. The summed E-state index contributed by atoms with van der Waals surface area (Å²) in [6.45, 7) is 8.07. The van der Waals surface area contributed by atoms with Crippen molar-refractivity contribution in [3.8, 4) is 0 Å². The van der Waals surface area contributed by atoms with Crippen LogP contribution in [0.5, 0.6) is 0 Å².